The lowest BCUT2D eigenvalue weighted by molar-refractivity contribution is -0.386. The second-order valence-corrected chi connectivity index (χ2v) is 4.32. The van der Waals surface area contributed by atoms with Gasteiger partial charge in [-0.15, -0.1) is 0 Å². The average molecular weight is 309 g/mol. The average Bonchev–Trinajstić information content (AvgIpc) is 2.71. The molecule has 118 valence electrons. The topological polar surface area (TPSA) is 98.3 Å². The molecule has 21 heavy (non-hydrogen) atoms. The minimum absolute atomic E-state index is 0.00708. The summed E-state index contributed by atoms with van der Waals surface area (Å²) in [6.45, 7) is 2.13. The summed E-state index contributed by atoms with van der Waals surface area (Å²) in [5.74, 6) is -4.70. The molecule has 0 amide bonds. The maximum absolute atomic E-state index is 12.7. The van der Waals surface area contributed by atoms with Crippen LogP contribution in [0.4, 0.5) is 18.9 Å². The number of aromatic nitrogens is 2. The minimum atomic E-state index is -4.95. The number of nitro groups is 1. The second kappa shape index (κ2) is 6.10. The van der Waals surface area contributed by atoms with E-state index >= 15 is 0 Å². The number of rotatable bonds is 6. The van der Waals surface area contributed by atoms with Crippen LogP contribution in [-0.4, -0.2) is 32.0 Å². The number of aryl methyl sites for hydroxylation is 1. The summed E-state index contributed by atoms with van der Waals surface area (Å²) in [5.41, 5.74) is -0.304. The van der Waals surface area contributed by atoms with Crippen molar-refractivity contribution in [2.75, 3.05) is 0 Å². The van der Waals surface area contributed by atoms with Gasteiger partial charge < -0.3 is 5.11 Å². The van der Waals surface area contributed by atoms with Crippen LogP contribution in [-0.2, 0) is 24.2 Å². The van der Waals surface area contributed by atoms with E-state index in [1.54, 1.807) is 6.92 Å². The van der Waals surface area contributed by atoms with Crippen molar-refractivity contribution < 1.29 is 28.0 Å². The zero-order valence-electron chi connectivity index (χ0n) is 11.3. The van der Waals surface area contributed by atoms with E-state index in [1.807, 2.05) is 0 Å². The number of aliphatic carboxylic acids is 1. The molecule has 1 atom stereocenters. The summed E-state index contributed by atoms with van der Waals surface area (Å²) < 4.78 is 38.8. The summed E-state index contributed by atoms with van der Waals surface area (Å²) in [6, 6.07) is 0. The molecule has 0 aliphatic rings. The molecule has 1 N–H and O–H groups in total. The van der Waals surface area contributed by atoms with Gasteiger partial charge in [0.2, 0.25) is 0 Å². The fourth-order valence-corrected chi connectivity index (χ4v) is 1.99. The molecule has 0 bridgehead atoms. The van der Waals surface area contributed by atoms with Gasteiger partial charge in [-0.2, -0.15) is 18.3 Å². The molecule has 0 fully saturated rings. The van der Waals surface area contributed by atoms with Crippen LogP contribution in [0.2, 0.25) is 0 Å². The van der Waals surface area contributed by atoms with Gasteiger partial charge in [0.25, 0.3) is 0 Å². The van der Waals surface area contributed by atoms with Crippen LogP contribution >= 0.6 is 0 Å². The van der Waals surface area contributed by atoms with Crippen molar-refractivity contribution in [2.24, 2.45) is 5.92 Å². The fourth-order valence-electron chi connectivity index (χ4n) is 1.99. The van der Waals surface area contributed by atoms with Crippen LogP contribution in [0.5, 0.6) is 0 Å². The molecule has 1 aromatic heterocycles. The lowest BCUT2D eigenvalue weighted by Crippen LogP contribution is -2.35. The van der Waals surface area contributed by atoms with Gasteiger partial charge in [-0.25, -0.2) is 0 Å². The maximum Gasteiger partial charge on any atom is 0.404 e. The zero-order valence-corrected chi connectivity index (χ0v) is 11.3. The Hall–Kier alpha value is -2.13. The van der Waals surface area contributed by atoms with E-state index in [9.17, 15) is 28.1 Å². The van der Waals surface area contributed by atoms with Gasteiger partial charge in [0.1, 0.15) is 11.4 Å². The van der Waals surface area contributed by atoms with E-state index in [-0.39, 0.29) is 29.9 Å². The molecule has 10 heteroatoms. The van der Waals surface area contributed by atoms with Crippen LogP contribution in [0.25, 0.3) is 0 Å². The molecule has 0 saturated heterocycles. The predicted molar refractivity (Wildman–Crippen MR) is 64.8 cm³/mol. The van der Waals surface area contributed by atoms with Crippen molar-refractivity contribution in [3.05, 3.63) is 21.5 Å². The number of nitrogens with zero attached hydrogens (tertiary/aromatic N) is 3. The predicted octanol–water partition coefficient (Wildman–Crippen LogP) is 2.18. The normalized spacial score (nSPS) is 13.2. The molecule has 0 aromatic carbocycles. The van der Waals surface area contributed by atoms with Gasteiger partial charge in [0.15, 0.2) is 5.92 Å². The number of hydrogen-bond acceptors (Lipinski definition) is 4. The van der Waals surface area contributed by atoms with Crippen molar-refractivity contribution >= 4 is 11.7 Å². The van der Waals surface area contributed by atoms with Crippen LogP contribution in [0.3, 0.4) is 0 Å². The van der Waals surface area contributed by atoms with Crippen molar-refractivity contribution in [1.29, 1.82) is 0 Å². The Kier molecular flexibility index (Phi) is 4.92. The van der Waals surface area contributed by atoms with Gasteiger partial charge >= 0.3 is 17.8 Å². The third-order valence-corrected chi connectivity index (χ3v) is 3.00. The Bertz CT molecular complexity index is 554. The van der Waals surface area contributed by atoms with Gasteiger partial charge in [0.05, 0.1) is 11.5 Å². The number of alkyl halides is 3. The third-order valence-electron chi connectivity index (χ3n) is 3.00. The van der Waals surface area contributed by atoms with E-state index in [4.69, 9.17) is 5.11 Å². The summed E-state index contributed by atoms with van der Waals surface area (Å²) >= 11 is 0. The molecule has 7 nitrogen and oxygen atoms in total. The number of halogens is 3. The number of carboxylic acids is 1. The molecule has 0 aliphatic heterocycles. The minimum Gasteiger partial charge on any atom is -0.481 e. The smallest absolute Gasteiger partial charge is 0.404 e. The molecule has 0 saturated carbocycles. The Balaban J connectivity index is 3.31. The first kappa shape index (κ1) is 16.9. The molecular weight excluding hydrogens is 295 g/mol. The van der Waals surface area contributed by atoms with Crippen LogP contribution in [0.1, 0.15) is 25.2 Å². The van der Waals surface area contributed by atoms with Crippen molar-refractivity contribution in [3.8, 4) is 0 Å². The van der Waals surface area contributed by atoms with E-state index in [0.717, 1.165) is 4.68 Å². The molecule has 1 rings (SSSR count). The lowest BCUT2D eigenvalue weighted by Gasteiger charge is -2.16. The molecule has 0 spiro atoms. The monoisotopic (exact) mass is 309 g/mol. The Morgan fingerprint density at radius 2 is 2.00 bits per heavy atom. The summed E-state index contributed by atoms with van der Waals surface area (Å²) in [4.78, 5) is 21.1. The van der Waals surface area contributed by atoms with Crippen molar-refractivity contribution in [3.63, 3.8) is 0 Å². The lowest BCUT2D eigenvalue weighted by atomic mass is 10.1. The second-order valence-electron chi connectivity index (χ2n) is 4.32. The van der Waals surface area contributed by atoms with E-state index in [0.29, 0.717) is 0 Å². The maximum atomic E-state index is 12.7. The Labute approximate surface area is 117 Å². The first-order chi connectivity index (χ1) is 9.63. The summed E-state index contributed by atoms with van der Waals surface area (Å²) in [5, 5.41) is 23.5. The summed E-state index contributed by atoms with van der Waals surface area (Å²) in [6.07, 6.45) is -4.71. The SMILES string of the molecule is CCc1nn(CC(C(=O)O)C(F)(F)F)c(CC)c1[N+](=O)[O-]. The third kappa shape index (κ3) is 3.50. The Morgan fingerprint density at radius 1 is 1.43 bits per heavy atom. The highest BCUT2D eigenvalue weighted by Crippen LogP contribution is 2.31. The molecule has 1 heterocycles. The summed E-state index contributed by atoms with van der Waals surface area (Å²) in [7, 11) is 0. The zero-order chi connectivity index (χ0) is 16.4. The van der Waals surface area contributed by atoms with Gasteiger partial charge in [0, 0.05) is 0 Å². The van der Waals surface area contributed by atoms with Crippen molar-refractivity contribution in [2.45, 2.75) is 39.4 Å². The highest BCUT2D eigenvalue weighted by Gasteiger charge is 2.46. The first-order valence-corrected chi connectivity index (χ1v) is 6.15. The van der Waals surface area contributed by atoms with E-state index in [1.165, 1.54) is 6.92 Å². The fraction of sp³-hybridized carbons (Fsp3) is 0.636. The van der Waals surface area contributed by atoms with Gasteiger partial charge in [-0.3, -0.25) is 19.6 Å². The number of carbonyl (C=O) groups is 1. The molecule has 1 unspecified atom stereocenters. The quantitative estimate of drug-likeness (QED) is 0.641. The highest BCUT2D eigenvalue weighted by atomic mass is 19.4. The molecule has 0 aliphatic carbocycles. The van der Waals surface area contributed by atoms with Crippen molar-refractivity contribution in [1.82, 2.24) is 9.78 Å². The highest BCUT2D eigenvalue weighted by molar-refractivity contribution is 5.70. The van der Waals surface area contributed by atoms with Crippen LogP contribution in [0, 0.1) is 16.0 Å². The first-order valence-electron chi connectivity index (χ1n) is 6.15. The van der Waals surface area contributed by atoms with E-state index < -0.39 is 29.5 Å². The number of carboxylic acid groups (broad SMARTS) is 1. The van der Waals surface area contributed by atoms with E-state index in [2.05, 4.69) is 5.10 Å². The largest absolute Gasteiger partial charge is 0.481 e. The molecular formula is C11H14F3N3O4. The molecule has 1 aromatic rings. The molecule has 0 radical (unpaired) electrons. The Morgan fingerprint density at radius 3 is 2.33 bits per heavy atom. The van der Waals surface area contributed by atoms with Crippen LogP contribution in [0.15, 0.2) is 0 Å². The van der Waals surface area contributed by atoms with Crippen LogP contribution < -0.4 is 0 Å². The number of hydrogen-bond donors (Lipinski definition) is 1. The standard InChI is InChI=1S/C11H14F3N3O4/c1-3-7-9(17(20)21)8(4-2)16(15-7)5-6(10(18)19)11(12,13)14/h6H,3-5H2,1-2H3,(H,18,19). The van der Waals surface area contributed by atoms with Gasteiger partial charge in [-0.1, -0.05) is 13.8 Å². The van der Waals surface area contributed by atoms with Gasteiger partial charge in [-0.05, 0) is 12.8 Å².